The first kappa shape index (κ1) is 26.5. The van der Waals surface area contributed by atoms with Gasteiger partial charge >= 0.3 is 12.1 Å². The molecule has 39 heavy (non-hydrogen) atoms. The second-order valence-corrected chi connectivity index (χ2v) is 10.5. The third-order valence-corrected chi connectivity index (χ3v) is 7.86. The van der Waals surface area contributed by atoms with Gasteiger partial charge in [-0.1, -0.05) is 78.9 Å². The summed E-state index contributed by atoms with van der Waals surface area (Å²) in [6, 6.07) is 24.8. The van der Waals surface area contributed by atoms with E-state index in [1.54, 1.807) is 4.90 Å². The minimum atomic E-state index is -1.02. The van der Waals surface area contributed by atoms with E-state index in [0.717, 1.165) is 40.7 Å². The van der Waals surface area contributed by atoms with Gasteiger partial charge in [0.1, 0.15) is 12.6 Å². The standard InChI is InChI=1S/C32H34N2O5/c1-21(23-15-16-23)34(19-22-9-3-2-4-10-22)31(37)29(17-18-30(35)36)33-32(38)39-20-28-26-13-7-5-11-24(26)25-12-6-8-14-27(25)28/h2-14,21,23,28-29H,15-20H2,1H3,(H,33,38)(H,35,36). The van der Waals surface area contributed by atoms with Crippen molar-refractivity contribution in [2.45, 2.75) is 57.2 Å². The van der Waals surface area contributed by atoms with Crippen LogP contribution in [-0.2, 0) is 20.9 Å². The first-order valence-corrected chi connectivity index (χ1v) is 13.6. The van der Waals surface area contributed by atoms with E-state index in [-0.39, 0.29) is 37.3 Å². The lowest BCUT2D eigenvalue weighted by Gasteiger charge is -2.33. The summed E-state index contributed by atoms with van der Waals surface area (Å²) in [6.45, 7) is 2.54. The number of carbonyl (C=O) groups excluding carboxylic acids is 2. The predicted molar refractivity (Wildman–Crippen MR) is 148 cm³/mol. The number of fused-ring (bicyclic) bond motifs is 3. The van der Waals surface area contributed by atoms with Crippen molar-refractivity contribution >= 4 is 18.0 Å². The van der Waals surface area contributed by atoms with Gasteiger partial charge in [0.2, 0.25) is 5.91 Å². The Morgan fingerprint density at radius 2 is 1.51 bits per heavy atom. The average Bonchev–Trinajstić information content (AvgIpc) is 3.75. The molecule has 0 heterocycles. The number of hydrogen-bond acceptors (Lipinski definition) is 4. The lowest BCUT2D eigenvalue weighted by Crippen LogP contribution is -2.51. The third-order valence-electron chi connectivity index (χ3n) is 7.86. The molecule has 202 valence electrons. The van der Waals surface area contributed by atoms with E-state index in [2.05, 4.69) is 17.4 Å². The van der Waals surface area contributed by atoms with E-state index >= 15 is 0 Å². The molecular formula is C32H34N2O5. The fourth-order valence-corrected chi connectivity index (χ4v) is 5.54. The van der Waals surface area contributed by atoms with Crippen LogP contribution in [0.15, 0.2) is 78.9 Å². The van der Waals surface area contributed by atoms with Gasteiger partial charge < -0.3 is 20.1 Å². The average molecular weight is 527 g/mol. The maximum absolute atomic E-state index is 13.8. The van der Waals surface area contributed by atoms with Crippen LogP contribution in [0.2, 0.25) is 0 Å². The van der Waals surface area contributed by atoms with E-state index in [9.17, 15) is 19.5 Å². The van der Waals surface area contributed by atoms with Crippen molar-refractivity contribution in [3.63, 3.8) is 0 Å². The zero-order chi connectivity index (χ0) is 27.4. The van der Waals surface area contributed by atoms with E-state index in [0.29, 0.717) is 12.5 Å². The van der Waals surface area contributed by atoms with Gasteiger partial charge in [0.05, 0.1) is 0 Å². The molecule has 2 unspecified atom stereocenters. The first-order valence-electron chi connectivity index (χ1n) is 13.6. The molecule has 3 aromatic rings. The molecule has 1 saturated carbocycles. The van der Waals surface area contributed by atoms with Crippen molar-refractivity contribution in [3.8, 4) is 11.1 Å². The number of nitrogens with zero attached hydrogens (tertiary/aromatic N) is 1. The second kappa shape index (κ2) is 11.7. The monoisotopic (exact) mass is 526 g/mol. The normalized spacial score (nSPS) is 15.5. The summed E-state index contributed by atoms with van der Waals surface area (Å²) in [4.78, 5) is 40.0. The van der Waals surface area contributed by atoms with Gasteiger partial charge in [0, 0.05) is 24.9 Å². The van der Waals surface area contributed by atoms with Gasteiger partial charge in [0.25, 0.3) is 0 Å². The molecule has 2 atom stereocenters. The zero-order valence-corrected chi connectivity index (χ0v) is 22.1. The van der Waals surface area contributed by atoms with Crippen molar-refractivity contribution in [3.05, 3.63) is 95.6 Å². The molecule has 2 aliphatic rings. The van der Waals surface area contributed by atoms with E-state index in [4.69, 9.17) is 4.74 Å². The summed E-state index contributed by atoms with van der Waals surface area (Å²) >= 11 is 0. The molecule has 7 heteroatoms. The Labute approximate surface area is 228 Å². The summed E-state index contributed by atoms with van der Waals surface area (Å²) in [5.74, 6) is -1.01. The molecule has 5 rings (SSSR count). The smallest absolute Gasteiger partial charge is 0.407 e. The third kappa shape index (κ3) is 6.14. The minimum Gasteiger partial charge on any atom is -0.481 e. The van der Waals surface area contributed by atoms with Crippen LogP contribution in [0.5, 0.6) is 0 Å². The Morgan fingerprint density at radius 1 is 0.923 bits per heavy atom. The van der Waals surface area contributed by atoms with E-state index in [1.807, 2.05) is 73.7 Å². The Bertz CT molecular complexity index is 1290. The second-order valence-electron chi connectivity index (χ2n) is 10.5. The fourth-order valence-electron chi connectivity index (χ4n) is 5.54. The SMILES string of the molecule is CC(C1CC1)N(Cc1ccccc1)C(=O)C(CCC(=O)O)NC(=O)OCC1c2ccccc2-c2ccccc21. The highest BCUT2D eigenvalue weighted by Crippen LogP contribution is 2.44. The molecule has 2 N–H and O–H groups in total. The first-order chi connectivity index (χ1) is 18.9. The van der Waals surface area contributed by atoms with Gasteiger partial charge in [0.15, 0.2) is 0 Å². The maximum Gasteiger partial charge on any atom is 0.407 e. The number of carbonyl (C=O) groups is 3. The predicted octanol–water partition coefficient (Wildman–Crippen LogP) is 5.59. The Kier molecular flexibility index (Phi) is 7.96. The van der Waals surface area contributed by atoms with Crippen LogP contribution >= 0.6 is 0 Å². The number of carboxylic acid groups (broad SMARTS) is 1. The molecule has 0 spiro atoms. The summed E-state index contributed by atoms with van der Waals surface area (Å²) < 4.78 is 5.68. The van der Waals surface area contributed by atoms with Crippen LogP contribution in [0.3, 0.4) is 0 Å². The summed E-state index contributed by atoms with van der Waals surface area (Å²) in [5, 5.41) is 12.0. The number of rotatable bonds is 11. The Balaban J connectivity index is 1.30. The van der Waals surface area contributed by atoms with Crippen LogP contribution in [0.1, 0.15) is 55.2 Å². The van der Waals surface area contributed by atoms with E-state index in [1.165, 1.54) is 0 Å². The highest BCUT2D eigenvalue weighted by Gasteiger charge is 2.37. The molecule has 1 fully saturated rings. The number of aliphatic carboxylic acids is 1. The van der Waals surface area contributed by atoms with Gasteiger partial charge in [-0.05, 0) is 59.9 Å². The van der Waals surface area contributed by atoms with Gasteiger partial charge in [-0.25, -0.2) is 4.79 Å². The van der Waals surface area contributed by atoms with Crippen LogP contribution in [0.4, 0.5) is 4.79 Å². The Hall–Kier alpha value is -4.13. The topological polar surface area (TPSA) is 95.9 Å². The van der Waals surface area contributed by atoms with Crippen molar-refractivity contribution in [2.75, 3.05) is 6.61 Å². The van der Waals surface area contributed by atoms with Crippen molar-refractivity contribution in [1.29, 1.82) is 0 Å². The molecule has 0 radical (unpaired) electrons. The highest BCUT2D eigenvalue weighted by molar-refractivity contribution is 5.86. The molecule has 2 amide bonds. The highest BCUT2D eigenvalue weighted by atomic mass is 16.5. The lowest BCUT2D eigenvalue weighted by atomic mass is 9.98. The number of amides is 2. The summed E-state index contributed by atoms with van der Waals surface area (Å²) in [7, 11) is 0. The number of carboxylic acids is 1. The molecule has 0 saturated heterocycles. The zero-order valence-electron chi connectivity index (χ0n) is 22.1. The van der Waals surface area contributed by atoms with Crippen molar-refractivity contribution in [2.24, 2.45) is 5.92 Å². The summed E-state index contributed by atoms with van der Waals surface area (Å²) in [6.07, 6.45) is 1.14. The lowest BCUT2D eigenvalue weighted by molar-refractivity contribution is -0.139. The van der Waals surface area contributed by atoms with Crippen LogP contribution in [-0.4, -0.2) is 46.7 Å². The Morgan fingerprint density at radius 3 is 2.10 bits per heavy atom. The largest absolute Gasteiger partial charge is 0.481 e. The quantitative estimate of drug-likeness (QED) is 0.340. The van der Waals surface area contributed by atoms with Crippen molar-refractivity contribution < 1.29 is 24.2 Å². The molecule has 0 aliphatic heterocycles. The van der Waals surface area contributed by atoms with E-state index < -0.39 is 18.1 Å². The maximum atomic E-state index is 13.8. The molecule has 7 nitrogen and oxygen atoms in total. The molecule has 0 bridgehead atoms. The van der Waals surface area contributed by atoms with Crippen molar-refractivity contribution in [1.82, 2.24) is 10.2 Å². The fraction of sp³-hybridized carbons (Fsp3) is 0.344. The van der Waals surface area contributed by atoms with Gasteiger partial charge in [-0.2, -0.15) is 0 Å². The van der Waals surface area contributed by atoms with Crippen LogP contribution in [0, 0.1) is 5.92 Å². The minimum absolute atomic E-state index is 0.0129. The number of benzene rings is 3. The molecule has 0 aromatic heterocycles. The number of alkyl carbamates (subject to hydrolysis) is 1. The van der Waals surface area contributed by atoms with Crippen LogP contribution < -0.4 is 5.32 Å². The molecule has 3 aromatic carbocycles. The number of nitrogens with one attached hydrogen (secondary N) is 1. The van der Waals surface area contributed by atoms with Gasteiger partial charge in [-0.15, -0.1) is 0 Å². The summed E-state index contributed by atoms with van der Waals surface area (Å²) in [5.41, 5.74) is 5.43. The number of hydrogen-bond donors (Lipinski definition) is 2. The van der Waals surface area contributed by atoms with Crippen LogP contribution in [0.25, 0.3) is 11.1 Å². The molecule has 2 aliphatic carbocycles. The molecular weight excluding hydrogens is 492 g/mol. The van der Waals surface area contributed by atoms with Gasteiger partial charge in [-0.3, -0.25) is 9.59 Å². The number of ether oxygens (including phenoxy) is 1.